The molecule has 7 heteroatoms. The standard InChI is InChI=1S/C25H17ClFN3OS/c26-20-9-19-22(10-21(20)27)28-11-23(19)29-25(31)30-12-17-4-3-15(7-18(17)13-30)16-2-1-14-5-6-32-24(14)8-16/h1-11,28H,12-13H2,(H,29,31). The maximum atomic E-state index is 13.7. The first-order chi connectivity index (χ1) is 15.5. The van der Waals surface area contributed by atoms with E-state index in [1.807, 2.05) is 0 Å². The Balaban J connectivity index is 1.23. The van der Waals surface area contributed by atoms with Gasteiger partial charge in [-0.1, -0.05) is 35.9 Å². The highest BCUT2D eigenvalue weighted by atomic mass is 35.5. The van der Waals surface area contributed by atoms with E-state index in [0.29, 0.717) is 29.7 Å². The highest BCUT2D eigenvalue weighted by molar-refractivity contribution is 7.17. The van der Waals surface area contributed by atoms with Gasteiger partial charge >= 0.3 is 6.03 Å². The van der Waals surface area contributed by atoms with E-state index >= 15 is 0 Å². The van der Waals surface area contributed by atoms with Crippen molar-refractivity contribution < 1.29 is 9.18 Å². The number of carbonyl (C=O) groups excluding carboxylic acids is 1. The number of fused-ring (bicyclic) bond motifs is 3. The monoisotopic (exact) mass is 461 g/mol. The van der Waals surface area contributed by atoms with Crippen LogP contribution in [0.15, 0.2) is 66.2 Å². The highest BCUT2D eigenvalue weighted by Crippen LogP contribution is 2.33. The maximum absolute atomic E-state index is 13.7. The average molecular weight is 462 g/mol. The maximum Gasteiger partial charge on any atom is 0.322 e. The number of hydrogen-bond donors (Lipinski definition) is 2. The van der Waals surface area contributed by atoms with Crippen LogP contribution in [0.1, 0.15) is 11.1 Å². The zero-order valence-corrected chi connectivity index (χ0v) is 18.4. The number of nitrogens with zero attached hydrogens (tertiary/aromatic N) is 1. The topological polar surface area (TPSA) is 48.1 Å². The fourth-order valence-corrected chi connectivity index (χ4v) is 5.26. The molecule has 2 N–H and O–H groups in total. The molecule has 158 valence electrons. The number of rotatable bonds is 2. The minimum atomic E-state index is -0.497. The molecular weight excluding hydrogens is 445 g/mol. The van der Waals surface area contributed by atoms with Crippen molar-refractivity contribution >= 4 is 55.6 Å². The molecule has 0 fully saturated rings. The minimum absolute atomic E-state index is 0.0226. The van der Waals surface area contributed by atoms with E-state index in [0.717, 1.165) is 16.7 Å². The Morgan fingerprint density at radius 2 is 1.84 bits per heavy atom. The third kappa shape index (κ3) is 3.23. The molecular formula is C25H17ClFN3OS. The first-order valence-electron chi connectivity index (χ1n) is 10.2. The fraction of sp³-hybridized carbons (Fsp3) is 0.0800. The van der Waals surface area contributed by atoms with Crippen molar-refractivity contribution in [2.75, 3.05) is 5.32 Å². The number of carbonyl (C=O) groups is 1. The molecule has 2 aromatic heterocycles. The Morgan fingerprint density at radius 1 is 1.03 bits per heavy atom. The van der Waals surface area contributed by atoms with Crippen LogP contribution in [0.4, 0.5) is 14.9 Å². The van der Waals surface area contributed by atoms with Crippen molar-refractivity contribution in [3.05, 3.63) is 88.1 Å². The number of urea groups is 1. The molecule has 0 bridgehead atoms. The molecule has 32 heavy (non-hydrogen) atoms. The summed E-state index contributed by atoms with van der Waals surface area (Å²) in [4.78, 5) is 17.7. The lowest BCUT2D eigenvalue weighted by molar-refractivity contribution is 0.212. The second-order valence-corrected chi connectivity index (χ2v) is 9.31. The van der Waals surface area contributed by atoms with Crippen molar-refractivity contribution in [1.82, 2.24) is 9.88 Å². The molecule has 6 rings (SSSR count). The van der Waals surface area contributed by atoms with Gasteiger partial charge in [0.2, 0.25) is 0 Å². The summed E-state index contributed by atoms with van der Waals surface area (Å²) in [5.41, 5.74) is 5.77. The van der Waals surface area contributed by atoms with E-state index in [1.54, 1.807) is 22.4 Å². The lowest BCUT2D eigenvalue weighted by atomic mass is 10.0. The average Bonchev–Trinajstić information content (AvgIpc) is 3.52. The van der Waals surface area contributed by atoms with Gasteiger partial charge in [0.05, 0.1) is 16.2 Å². The van der Waals surface area contributed by atoms with E-state index in [4.69, 9.17) is 11.6 Å². The molecule has 2 amide bonds. The van der Waals surface area contributed by atoms with Crippen molar-refractivity contribution in [3.8, 4) is 11.1 Å². The predicted molar refractivity (Wildman–Crippen MR) is 129 cm³/mol. The quantitative estimate of drug-likeness (QED) is 0.283. The zero-order chi connectivity index (χ0) is 21.8. The molecule has 3 heterocycles. The summed E-state index contributed by atoms with van der Waals surface area (Å²) in [7, 11) is 0. The lowest BCUT2D eigenvalue weighted by Gasteiger charge is -2.16. The Hall–Kier alpha value is -3.35. The summed E-state index contributed by atoms with van der Waals surface area (Å²) in [5, 5.41) is 6.98. The van der Waals surface area contributed by atoms with E-state index in [2.05, 4.69) is 58.1 Å². The highest BCUT2D eigenvalue weighted by Gasteiger charge is 2.24. The fourth-order valence-electron chi connectivity index (χ4n) is 4.27. The van der Waals surface area contributed by atoms with E-state index in [1.165, 1.54) is 27.8 Å². The molecule has 0 unspecified atom stereocenters. The summed E-state index contributed by atoms with van der Waals surface area (Å²) in [5.74, 6) is -0.497. The molecule has 0 saturated heterocycles. The largest absolute Gasteiger partial charge is 0.359 e. The third-order valence-electron chi connectivity index (χ3n) is 5.97. The molecule has 4 nitrogen and oxygen atoms in total. The molecule has 0 aliphatic carbocycles. The predicted octanol–water partition coefficient (Wildman–Crippen LogP) is 7.39. The third-order valence-corrected chi connectivity index (χ3v) is 7.14. The molecule has 0 spiro atoms. The molecule has 3 aromatic carbocycles. The summed E-state index contributed by atoms with van der Waals surface area (Å²) < 4.78 is 15.0. The molecule has 1 aliphatic heterocycles. The number of amides is 2. The van der Waals surface area contributed by atoms with E-state index in [-0.39, 0.29) is 11.1 Å². The van der Waals surface area contributed by atoms with Gasteiger partial charge in [0, 0.05) is 29.4 Å². The Kier molecular flexibility index (Phi) is 4.45. The van der Waals surface area contributed by atoms with Gasteiger partial charge in [0.25, 0.3) is 0 Å². The Morgan fingerprint density at radius 3 is 2.75 bits per heavy atom. The van der Waals surface area contributed by atoms with Crippen molar-refractivity contribution in [1.29, 1.82) is 0 Å². The number of benzene rings is 3. The second-order valence-electron chi connectivity index (χ2n) is 7.96. The van der Waals surface area contributed by atoms with Crippen LogP contribution < -0.4 is 5.32 Å². The lowest BCUT2D eigenvalue weighted by Crippen LogP contribution is -2.30. The van der Waals surface area contributed by atoms with Gasteiger partial charge in [0.15, 0.2) is 0 Å². The molecule has 0 saturated carbocycles. The Labute approximate surface area is 192 Å². The SMILES string of the molecule is O=C(Nc1c[nH]c2cc(F)c(Cl)cc12)N1Cc2ccc(-c3ccc4ccsc4c3)cc2C1. The number of hydrogen-bond acceptors (Lipinski definition) is 2. The van der Waals surface area contributed by atoms with Crippen LogP contribution in [0.3, 0.4) is 0 Å². The van der Waals surface area contributed by atoms with Crippen molar-refractivity contribution in [2.45, 2.75) is 13.1 Å². The molecule has 0 radical (unpaired) electrons. The van der Waals surface area contributed by atoms with Crippen LogP contribution in [-0.2, 0) is 13.1 Å². The smallest absolute Gasteiger partial charge is 0.322 e. The number of thiophene rings is 1. The number of nitrogens with one attached hydrogen (secondary N) is 2. The molecule has 5 aromatic rings. The van der Waals surface area contributed by atoms with Gasteiger partial charge in [-0.3, -0.25) is 0 Å². The zero-order valence-electron chi connectivity index (χ0n) is 16.8. The van der Waals surface area contributed by atoms with E-state index in [9.17, 15) is 9.18 Å². The summed E-state index contributed by atoms with van der Waals surface area (Å²) >= 11 is 7.66. The van der Waals surface area contributed by atoms with Crippen LogP contribution in [0, 0.1) is 5.82 Å². The molecule has 1 aliphatic rings. The number of H-pyrrole nitrogens is 1. The van der Waals surface area contributed by atoms with Gasteiger partial charge in [-0.15, -0.1) is 11.3 Å². The van der Waals surface area contributed by atoms with Crippen LogP contribution >= 0.6 is 22.9 Å². The van der Waals surface area contributed by atoms with Crippen molar-refractivity contribution in [2.24, 2.45) is 0 Å². The first kappa shape index (κ1) is 19.3. The summed E-state index contributed by atoms with van der Waals surface area (Å²) in [6.07, 6.45) is 1.65. The number of aromatic nitrogens is 1. The van der Waals surface area contributed by atoms with Gasteiger partial charge < -0.3 is 15.2 Å². The van der Waals surface area contributed by atoms with Crippen LogP contribution in [0.5, 0.6) is 0 Å². The normalized spacial score (nSPS) is 13.1. The second kappa shape index (κ2) is 7.36. The Bertz CT molecular complexity index is 1520. The number of halogens is 2. The van der Waals surface area contributed by atoms with Gasteiger partial charge in [-0.25, -0.2) is 9.18 Å². The van der Waals surface area contributed by atoms with Crippen LogP contribution in [0.2, 0.25) is 5.02 Å². The molecule has 0 atom stereocenters. The van der Waals surface area contributed by atoms with Gasteiger partial charge in [0.1, 0.15) is 5.82 Å². The first-order valence-corrected chi connectivity index (χ1v) is 11.4. The van der Waals surface area contributed by atoms with Gasteiger partial charge in [-0.05, 0) is 63.4 Å². The van der Waals surface area contributed by atoms with Crippen LogP contribution in [0.25, 0.3) is 32.1 Å². The summed E-state index contributed by atoms with van der Waals surface area (Å²) in [6, 6.07) is 17.7. The van der Waals surface area contributed by atoms with Crippen LogP contribution in [-0.4, -0.2) is 15.9 Å². The summed E-state index contributed by atoms with van der Waals surface area (Å²) in [6.45, 7) is 1.08. The number of anilines is 1. The van der Waals surface area contributed by atoms with E-state index < -0.39 is 5.82 Å². The number of aromatic amines is 1. The minimum Gasteiger partial charge on any atom is -0.359 e. The van der Waals surface area contributed by atoms with Gasteiger partial charge in [-0.2, -0.15) is 0 Å². The van der Waals surface area contributed by atoms with Crippen molar-refractivity contribution in [3.63, 3.8) is 0 Å².